The molecular weight excluding hydrogens is 414 g/mol. The van der Waals surface area contributed by atoms with Crippen LogP contribution in [0.1, 0.15) is 15.9 Å². The Labute approximate surface area is 182 Å². The van der Waals surface area contributed by atoms with Crippen molar-refractivity contribution in [3.05, 3.63) is 76.5 Å². The van der Waals surface area contributed by atoms with E-state index < -0.39 is 10.8 Å². The standard InChI is InChI=1S/C22H19N5O5/c1-3-20(28)24-18-11-15(5-7-19(18)32-2)26-12-17(21(25-26)27(30)31)13-4-6-16-14(10-13)8-9-23-22(16)29/h3-7,10-12H,1,8-9H2,2H3,(H,23,29)(H,24,28). The monoisotopic (exact) mass is 433 g/mol. The zero-order chi connectivity index (χ0) is 22.8. The molecule has 0 spiro atoms. The lowest BCUT2D eigenvalue weighted by atomic mass is 9.96. The number of carbonyl (C=O) groups is 2. The van der Waals surface area contributed by atoms with E-state index in [1.807, 2.05) is 0 Å². The second-order valence-corrected chi connectivity index (χ2v) is 7.02. The summed E-state index contributed by atoms with van der Waals surface area (Å²) in [5, 5.41) is 21.3. The lowest BCUT2D eigenvalue weighted by Gasteiger charge is -2.16. The maximum Gasteiger partial charge on any atom is 0.398 e. The summed E-state index contributed by atoms with van der Waals surface area (Å²) in [4.78, 5) is 34.9. The molecule has 0 aliphatic carbocycles. The van der Waals surface area contributed by atoms with Crippen LogP contribution in [-0.2, 0) is 11.2 Å². The molecule has 0 radical (unpaired) electrons. The second-order valence-electron chi connectivity index (χ2n) is 7.02. The van der Waals surface area contributed by atoms with Gasteiger partial charge in [0.1, 0.15) is 11.3 Å². The van der Waals surface area contributed by atoms with Crippen LogP contribution in [0.15, 0.2) is 55.3 Å². The quantitative estimate of drug-likeness (QED) is 0.349. The molecule has 1 aliphatic rings. The first-order valence-corrected chi connectivity index (χ1v) is 9.68. The number of methoxy groups -OCH3 is 1. The van der Waals surface area contributed by atoms with Crippen LogP contribution in [0.5, 0.6) is 5.75 Å². The largest absolute Gasteiger partial charge is 0.495 e. The minimum absolute atomic E-state index is 0.157. The third kappa shape index (κ3) is 3.81. The fourth-order valence-corrected chi connectivity index (χ4v) is 3.55. The van der Waals surface area contributed by atoms with Crippen LogP contribution in [-0.4, -0.2) is 40.2 Å². The van der Waals surface area contributed by atoms with Gasteiger partial charge in [0.15, 0.2) is 0 Å². The summed E-state index contributed by atoms with van der Waals surface area (Å²) in [6.45, 7) is 3.94. The van der Waals surface area contributed by atoms with Gasteiger partial charge in [-0.3, -0.25) is 9.59 Å². The summed E-state index contributed by atoms with van der Waals surface area (Å²) in [5.74, 6) is -0.488. The number of hydrogen-bond acceptors (Lipinski definition) is 6. The van der Waals surface area contributed by atoms with Gasteiger partial charge >= 0.3 is 5.82 Å². The molecule has 0 fully saturated rings. The van der Waals surface area contributed by atoms with Crippen molar-refractivity contribution in [2.45, 2.75) is 6.42 Å². The van der Waals surface area contributed by atoms with Gasteiger partial charge in [0.2, 0.25) is 5.91 Å². The van der Waals surface area contributed by atoms with Gasteiger partial charge < -0.3 is 25.5 Å². The number of amides is 2. The Morgan fingerprint density at radius 3 is 2.84 bits per heavy atom. The van der Waals surface area contributed by atoms with Crippen LogP contribution in [0.4, 0.5) is 11.5 Å². The number of rotatable bonds is 6. The summed E-state index contributed by atoms with van der Waals surface area (Å²) < 4.78 is 6.62. The molecule has 0 unspecified atom stereocenters. The predicted molar refractivity (Wildman–Crippen MR) is 117 cm³/mol. The van der Waals surface area contributed by atoms with Crippen molar-refractivity contribution in [1.29, 1.82) is 0 Å². The van der Waals surface area contributed by atoms with Gasteiger partial charge in [0.25, 0.3) is 5.91 Å². The SMILES string of the molecule is C=CC(=O)Nc1cc(-n2cc(-c3ccc4c(c3)CCNC4=O)c([N+](=O)[O-])n2)ccc1OC. The minimum atomic E-state index is -0.554. The Hall–Kier alpha value is -4.47. The number of nitrogens with zero attached hydrogens (tertiary/aromatic N) is 3. The van der Waals surface area contributed by atoms with E-state index in [2.05, 4.69) is 22.3 Å². The maximum absolute atomic E-state index is 12.0. The van der Waals surface area contributed by atoms with Gasteiger partial charge in [-0.15, -0.1) is 4.68 Å². The molecule has 1 aromatic heterocycles. The van der Waals surface area contributed by atoms with Gasteiger partial charge in [-0.05, 0) is 58.9 Å². The van der Waals surface area contributed by atoms with Crippen molar-refractivity contribution in [3.8, 4) is 22.6 Å². The van der Waals surface area contributed by atoms with E-state index in [4.69, 9.17) is 4.74 Å². The molecule has 0 saturated heterocycles. The molecule has 3 aromatic rings. The van der Waals surface area contributed by atoms with Crippen LogP contribution in [0, 0.1) is 10.1 Å². The van der Waals surface area contributed by atoms with E-state index in [-0.39, 0.29) is 11.7 Å². The number of nitro groups is 1. The normalized spacial score (nSPS) is 12.5. The third-order valence-corrected chi connectivity index (χ3v) is 5.10. The highest BCUT2D eigenvalue weighted by Gasteiger charge is 2.25. The third-order valence-electron chi connectivity index (χ3n) is 5.10. The van der Waals surface area contributed by atoms with Gasteiger partial charge in [0, 0.05) is 12.1 Å². The Kier molecular flexibility index (Phi) is 5.42. The number of aromatic nitrogens is 2. The van der Waals surface area contributed by atoms with Crippen LogP contribution in [0.3, 0.4) is 0 Å². The van der Waals surface area contributed by atoms with Gasteiger partial charge in [0.05, 0.1) is 29.8 Å². The molecule has 10 nitrogen and oxygen atoms in total. The van der Waals surface area contributed by atoms with E-state index >= 15 is 0 Å². The van der Waals surface area contributed by atoms with Crippen LogP contribution < -0.4 is 15.4 Å². The fraction of sp³-hybridized carbons (Fsp3) is 0.136. The lowest BCUT2D eigenvalue weighted by molar-refractivity contribution is -0.389. The Bertz CT molecular complexity index is 1260. The molecule has 32 heavy (non-hydrogen) atoms. The molecule has 2 aromatic carbocycles. The highest BCUT2D eigenvalue weighted by Crippen LogP contribution is 2.33. The van der Waals surface area contributed by atoms with Gasteiger partial charge in [-0.2, -0.15) is 0 Å². The van der Waals surface area contributed by atoms with E-state index in [1.165, 1.54) is 11.8 Å². The summed E-state index contributed by atoms with van der Waals surface area (Å²) in [5.41, 5.74) is 3.15. The summed E-state index contributed by atoms with van der Waals surface area (Å²) in [7, 11) is 1.46. The fourth-order valence-electron chi connectivity index (χ4n) is 3.55. The van der Waals surface area contributed by atoms with E-state index in [0.29, 0.717) is 46.8 Å². The Morgan fingerprint density at radius 1 is 1.31 bits per heavy atom. The first-order chi connectivity index (χ1) is 15.4. The molecule has 10 heteroatoms. The van der Waals surface area contributed by atoms with E-state index in [9.17, 15) is 19.7 Å². The van der Waals surface area contributed by atoms with Crippen LogP contribution >= 0.6 is 0 Å². The van der Waals surface area contributed by atoms with Crippen LogP contribution in [0.2, 0.25) is 0 Å². The average molecular weight is 433 g/mol. The Balaban J connectivity index is 1.79. The topological polar surface area (TPSA) is 128 Å². The molecule has 1 aliphatic heterocycles. The molecular formula is C22H19N5O5. The number of carbonyl (C=O) groups excluding carboxylic acids is 2. The molecule has 0 atom stereocenters. The number of ether oxygens (including phenoxy) is 1. The van der Waals surface area contributed by atoms with E-state index in [0.717, 1.165) is 11.6 Å². The van der Waals surface area contributed by atoms with Gasteiger partial charge in [-0.25, -0.2) is 0 Å². The second kappa shape index (κ2) is 8.34. The van der Waals surface area contributed by atoms with Crippen molar-refractivity contribution < 1.29 is 19.2 Å². The average Bonchev–Trinajstić information content (AvgIpc) is 3.25. The summed E-state index contributed by atoms with van der Waals surface area (Å²) in [6, 6.07) is 10.0. The minimum Gasteiger partial charge on any atom is -0.495 e. The molecule has 0 bridgehead atoms. The molecule has 2 amide bonds. The number of hydrogen-bond donors (Lipinski definition) is 2. The zero-order valence-corrected chi connectivity index (χ0v) is 17.1. The number of benzene rings is 2. The molecule has 4 rings (SSSR count). The number of nitrogens with one attached hydrogen (secondary N) is 2. The lowest BCUT2D eigenvalue weighted by Crippen LogP contribution is -2.31. The smallest absolute Gasteiger partial charge is 0.398 e. The van der Waals surface area contributed by atoms with Crippen LogP contribution in [0.25, 0.3) is 16.8 Å². The molecule has 2 heterocycles. The highest BCUT2D eigenvalue weighted by atomic mass is 16.6. The summed E-state index contributed by atoms with van der Waals surface area (Å²) >= 11 is 0. The number of fused-ring (bicyclic) bond motifs is 1. The van der Waals surface area contributed by atoms with Crippen molar-refractivity contribution >= 4 is 23.3 Å². The van der Waals surface area contributed by atoms with Crippen molar-refractivity contribution in [2.24, 2.45) is 0 Å². The van der Waals surface area contributed by atoms with Crippen molar-refractivity contribution in [3.63, 3.8) is 0 Å². The van der Waals surface area contributed by atoms with Gasteiger partial charge in [-0.1, -0.05) is 12.6 Å². The first-order valence-electron chi connectivity index (χ1n) is 9.68. The zero-order valence-electron chi connectivity index (χ0n) is 17.1. The molecule has 2 N–H and O–H groups in total. The Morgan fingerprint density at radius 2 is 2.12 bits per heavy atom. The van der Waals surface area contributed by atoms with Crippen molar-refractivity contribution in [1.82, 2.24) is 15.1 Å². The van der Waals surface area contributed by atoms with Crippen molar-refractivity contribution in [2.75, 3.05) is 19.0 Å². The molecule has 0 saturated carbocycles. The maximum atomic E-state index is 12.0. The highest BCUT2D eigenvalue weighted by molar-refractivity contribution is 6.00. The van der Waals surface area contributed by atoms with E-state index in [1.54, 1.807) is 42.6 Å². The predicted octanol–water partition coefficient (Wildman–Crippen LogP) is 2.87. The molecule has 162 valence electrons. The summed E-state index contributed by atoms with van der Waals surface area (Å²) in [6.07, 6.45) is 3.31. The number of anilines is 1. The first kappa shape index (κ1) is 20.8.